The van der Waals surface area contributed by atoms with Crippen LogP contribution in [0.1, 0.15) is 26.5 Å². The number of pyridine rings is 1. The third-order valence-electron chi connectivity index (χ3n) is 3.35. The van der Waals surface area contributed by atoms with Gasteiger partial charge in [-0.1, -0.05) is 6.07 Å². The largest absolute Gasteiger partial charge is 0.467 e. The maximum absolute atomic E-state index is 13.2. The summed E-state index contributed by atoms with van der Waals surface area (Å²) in [5, 5.41) is 5.22. The minimum atomic E-state index is -0.487. The number of carbonyl (C=O) groups excluding carboxylic acids is 2. The molecule has 0 aliphatic heterocycles. The third-order valence-corrected chi connectivity index (χ3v) is 3.35. The third kappa shape index (κ3) is 4.29. The molecule has 0 unspecified atom stereocenters. The number of hydrogen-bond donors (Lipinski definition) is 2. The molecule has 0 aliphatic rings. The Balaban J connectivity index is 1.67. The van der Waals surface area contributed by atoms with E-state index in [1.165, 1.54) is 42.9 Å². The van der Waals surface area contributed by atoms with E-state index in [4.69, 9.17) is 4.42 Å². The van der Waals surface area contributed by atoms with Gasteiger partial charge in [0.2, 0.25) is 0 Å². The Morgan fingerprint density at radius 1 is 1.04 bits per heavy atom. The quantitative estimate of drug-likeness (QED) is 0.748. The predicted octanol–water partition coefficient (Wildman–Crippen LogP) is 3.00. The minimum Gasteiger partial charge on any atom is -0.467 e. The topological polar surface area (TPSA) is 84.2 Å². The minimum absolute atomic E-state index is 0.190. The van der Waals surface area contributed by atoms with Crippen molar-refractivity contribution in [3.8, 4) is 0 Å². The van der Waals surface area contributed by atoms with Crippen molar-refractivity contribution in [3.63, 3.8) is 0 Å². The molecule has 25 heavy (non-hydrogen) atoms. The van der Waals surface area contributed by atoms with Crippen LogP contribution in [-0.2, 0) is 6.54 Å². The van der Waals surface area contributed by atoms with Crippen molar-refractivity contribution < 1.29 is 18.4 Å². The molecule has 0 saturated heterocycles. The summed E-state index contributed by atoms with van der Waals surface area (Å²) in [5.74, 6) is -0.716. The van der Waals surface area contributed by atoms with Gasteiger partial charge in [0.05, 0.1) is 23.9 Å². The van der Waals surface area contributed by atoms with E-state index in [0.717, 1.165) is 0 Å². The predicted molar refractivity (Wildman–Crippen MR) is 88.5 cm³/mol. The average Bonchev–Trinajstić information content (AvgIpc) is 3.13. The number of nitrogens with one attached hydrogen (secondary N) is 2. The molecule has 0 spiro atoms. The number of rotatable bonds is 5. The van der Waals surface area contributed by atoms with Gasteiger partial charge in [-0.25, -0.2) is 4.39 Å². The Kier molecular flexibility index (Phi) is 4.84. The lowest BCUT2D eigenvalue weighted by Crippen LogP contribution is -2.23. The normalized spacial score (nSPS) is 10.3. The standard InChI is InChI=1S/C18H14FN3O3/c19-14-3-1-4-15(8-14)22-18(24)13-7-12(9-20-10-13)17(23)21-11-16-5-2-6-25-16/h1-10H,11H2,(H,21,23)(H,22,24). The van der Waals surface area contributed by atoms with Crippen molar-refractivity contribution in [1.29, 1.82) is 0 Å². The molecule has 2 amide bonds. The van der Waals surface area contributed by atoms with Gasteiger partial charge < -0.3 is 15.1 Å². The number of anilines is 1. The Morgan fingerprint density at radius 2 is 1.84 bits per heavy atom. The van der Waals surface area contributed by atoms with E-state index in [2.05, 4.69) is 15.6 Å². The summed E-state index contributed by atoms with van der Waals surface area (Å²) in [4.78, 5) is 28.3. The summed E-state index contributed by atoms with van der Waals surface area (Å²) < 4.78 is 18.3. The first kappa shape index (κ1) is 16.4. The summed E-state index contributed by atoms with van der Waals surface area (Å²) in [6, 6.07) is 10.4. The van der Waals surface area contributed by atoms with Gasteiger partial charge in [-0.15, -0.1) is 0 Å². The van der Waals surface area contributed by atoms with Crippen LogP contribution in [-0.4, -0.2) is 16.8 Å². The van der Waals surface area contributed by atoms with E-state index in [1.54, 1.807) is 18.2 Å². The number of halogens is 1. The van der Waals surface area contributed by atoms with Crippen molar-refractivity contribution in [1.82, 2.24) is 10.3 Å². The van der Waals surface area contributed by atoms with Gasteiger partial charge in [-0.2, -0.15) is 0 Å². The zero-order valence-electron chi connectivity index (χ0n) is 13.0. The molecule has 0 radical (unpaired) electrons. The number of nitrogens with zero attached hydrogens (tertiary/aromatic N) is 1. The fourth-order valence-electron chi connectivity index (χ4n) is 2.14. The number of benzene rings is 1. The molecule has 0 saturated carbocycles. The van der Waals surface area contributed by atoms with Gasteiger partial charge in [0.1, 0.15) is 11.6 Å². The Bertz CT molecular complexity index is 894. The van der Waals surface area contributed by atoms with Crippen LogP contribution >= 0.6 is 0 Å². The van der Waals surface area contributed by atoms with Gasteiger partial charge in [-0.05, 0) is 36.4 Å². The van der Waals surface area contributed by atoms with Gasteiger partial charge in [0, 0.05) is 18.1 Å². The maximum atomic E-state index is 13.2. The SMILES string of the molecule is O=C(NCc1ccco1)c1cncc(C(=O)Nc2cccc(F)c2)c1. The molecule has 2 aromatic heterocycles. The van der Waals surface area contributed by atoms with Crippen LogP contribution in [0.5, 0.6) is 0 Å². The van der Waals surface area contributed by atoms with Crippen LogP contribution in [0.2, 0.25) is 0 Å². The van der Waals surface area contributed by atoms with Crippen LogP contribution in [0.25, 0.3) is 0 Å². The number of carbonyl (C=O) groups is 2. The molecule has 7 heteroatoms. The molecule has 0 fully saturated rings. The lowest BCUT2D eigenvalue weighted by molar-refractivity contribution is 0.0947. The molecule has 2 heterocycles. The lowest BCUT2D eigenvalue weighted by Gasteiger charge is -2.07. The molecule has 1 aromatic carbocycles. The summed E-state index contributed by atoms with van der Waals surface area (Å²) >= 11 is 0. The highest BCUT2D eigenvalue weighted by Gasteiger charge is 2.12. The smallest absolute Gasteiger partial charge is 0.257 e. The molecule has 0 atom stereocenters. The van der Waals surface area contributed by atoms with Crippen molar-refractivity contribution in [2.45, 2.75) is 6.54 Å². The summed E-state index contributed by atoms with van der Waals surface area (Å²) in [6.07, 6.45) is 4.20. The first-order valence-corrected chi connectivity index (χ1v) is 7.44. The van der Waals surface area contributed by atoms with Crippen molar-refractivity contribution >= 4 is 17.5 Å². The Hall–Kier alpha value is -3.48. The van der Waals surface area contributed by atoms with Gasteiger partial charge in [-0.3, -0.25) is 14.6 Å². The number of amides is 2. The number of hydrogen-bond acceptors (Lipinski definition) is 4. The maximum Gasteiger partial charge on any atom is 0.257 e. The second kappa shape index (κ2) is 7.39. The monoisotopic (exact) mass is 339 g/mol. The number of aromatic nitrogens is 1. The first-order chi connectivity index (χ1) is 12.1. The Morgan fingerprint density at radius 3 is 2.56 bits per heavy atom. The highest BCUT2D eigenvalue weighted by Crippen LogP contribution is 2.12. The molecular weight excluding hydrogens is 325 g/mol. The number of furan rings is 1. The van der Waals surface area contributed by atoms with Gasteiger partial charge in [0.25, 0.3) is 11.8 Å². The average molecular weight is 339 g/mol. The van der Waals surface area contributed by atoms with Crippen LogP contribution in [0.4, 0.5) is 10.1 Å². The van der Waals surface area contributed by atoms with Gasteiger partial charge >= 0.3 is 0 Å². The van der Waals surface area contributed by atoms with E-state index in [1.807, 2.05) is 0 Å². The zero-order chi connectivity index (χ0) is 17.6. The fraction of sp³-hybridized carbons (Fsp3) is 0.0556. The highest BCUT2D eigenvalue weighted by atomic mass is 19.1. The molecule has 3 aromatic rings. The molecular formula is C18H14FN3O3. The van der Waals surface area contributed by atoms with E-state index in [0.29, 0.717) is 11.4 Å². The Labute approximate surface area is 142 Å². The molecule has 126 valence electrons. The van der Waals surface area contributed by atoms with Crippen LogP contribution < -0.4 is 10.6 Å². The molecule has 0 aliphatic carbocycles. The molecule has 0 bridgehead atoms. The first-order valence-electron chi connectivity index (χ1n) is 7.44. The second-order valence-corrected chi connectivity index (χ2v) is 5.19. The molecule has 2 N–H and O–H groups in total. The van der Waals surface area contributed by atoms with E-state index in [-0.39, 0.29) is 23.6 Å². The highest BCUT2D eigenvalue weighted by molar-refractivity contribution is 6.05. The fourth-order valence-corrected chi connectivity index (χ4v) is 2.14. The van der Waals surface area contributed by atoms with Crippen LogP contribution in [0.3, 0.4) is 0 Å². The van der Waals surface area contributed by atoms with Crippen molar-refractivity contribution in [3.05, 3.63) is 83.8 Å². The van der Waals surface area contributed by atoms with E-state index >= 15 is 0 Å². The van der Waals surface area contributed by atoms with E-state index in [9.17, 15) is 14.0 Å². The van der Waals surface area contributed by atoms with Crippen molar-refractivity contribution in [2.24, 2.45) is 0 Å². The summed E-state index contributed by atoms with van der Waals surface area (Å²) in [7, 11) is 0. The second-order valence-electron chi connectivity index (χ2n) is 5.19. The molecule has 3 rings (SSSR count). The van der Waals surface area contributed by atoms with Gasteiger partial charge in [0.15, 0.2) is 0 Å². The summed E-state index contributed by atoms with van der Waals surface area (Å²) in [6.45, 7) is 0.228. The van der Waals surface area contributed by atoms with Crippen molar-refractivity contribution in [2.75, 3.05) is 5.32 Å². The zero-order valence-corrected chi connectivity index (χ0v) is 13.0. The van der Waals surface area contributed by atoms with Crippen LogP contribution in [0, 0.1) is 5.82 Å². The lowest BCUT2D eigenvalue weighted by atomic mass is 10.1. The molecule has 6 nitrogen and oxygen atoms in total. The summed E-state index contributed by atoms with van der Waals surface area (Å²) in [5.41, 5.74) is 0.742. The van der Waals surface area contributed by atoms with E-state index < -0.39 is 11.7 Å². The van der Waals surface area contributed by atoms with Crippen LogP contribution in [0.15, 0.2) is 65.5 Å².